The molecule has 1 amide bonds. The third-order valence-electron chi connectivity index (χ3n) is 2.90. The van der Waals surface area contributed by atoms with E-state index < -0.39 is 0 Å². The van der Waals surface area contributed by atoms with Crippen molar-refractivity contribution < 1.29 is 4.79 Å². The number of benzene rings is 1. The van der Waals surface area contributed by atoms with E-state index in [9.17, 15) is 4.79 Å². The molecule has 1 aliphatic rings. The normalized spacial score (nSPS) is 15.1. The van der Waals surface area contributed by atoms with Gasteiger partial charge in [-0.1, -0.05) is 12.1 Å². The van der Waals surface area contributed by atoms with Gasteiger partial charge in [0.05, 0.1) is 6.67 Å². The number of nitrogens with zero attached hydrogens (tertiary/aromatic N) is 1. The van der Waals surface area contributed by atoms with Crippen LogP contribution in [-0.2, 0) is 17.8 Å². The molecular weight excluding hydrogens is 202 g/mol. The zero-order chi connectivity index (χ0) is 11.5. The summed E-state index contributed by atoms with van der Waals surface area (Å²) in [5, 5.41) is 3.02. The highest BCUT2D eigenvalue weighted by atomic mass is 16.2. The van der Waals surface area contributed by atoms with Gasteiger partial charge in [-0.2, -0.15) is 0 Å². The fourth-order valence-electron chi connectivity index (χ4n) is 2.07. The third-order valence-corrected chi connectivity index (χ3v) is 2.90. The number of rotatable bonds is 3. The van der Waals surface area contributed by atoms with Crippen LogP contribution in [0.15, 0.2) is 18.2 Å². The number of amides is 1. The molecule has 1 aliphatic heterocycles. The maximum Gasteiger partial charge on any atom is 0.228 e. The SMILES string of the molecule is CNCN1C(=O)CCc2cc(CN)ccc21. The highest BCUT2D eigenvalue weighted by Crippen LogP contribution is 2.28. The predicted molar refractivity (Wildman–Crippen MR) is 64.1 cm³/mol. The molecule has 0 aromatic heterocycles. The largest absolute Gasteiger partial charge is 0.326 e. The van der Waals surface area contributed by atoms with E-state index >= 15 is 0 Å². The zero-order valence-electron chi connectivity index (χ0n) is 9.49. The molecular formula is C12H17N3O. The van der Waals surface area contributed by atoms with E-state index in [-0.39, 0.29) is 5.91 Å². The lowest BCUT2D eigenvalue weighted by atomic mass is 9.99. The van der Waals surface area contributed by atoms with Crippen molar-refractivity contribution in [3.63, 3.8) is 0 Å². The zero-order valence-corrected chi connectivity index (χ0v) is 9.49. The van der Waals surface area contributed by atoms with Gasteiger partial charge < -0.3 is 11.1 Å². The first-order valence-electron chi connectivity index (χ1n) is 5.53. The molecule has 3 N–H and O–H groups in total. The van der Waals surface area contributed by atoms with Gasteiger partial charge in [0.25, 0.3) is 0 Å². The van der Waals surface area contributed by atoms with Crippen LogP contribution in [0.4, 0.5) is 5.69 Å². The van der Waals surface area contributed by atoms with Crippen molar-refractivity contribution in [2.75, 3.05) is 18.6 Å². The summed E-state index contributed by atoms with van der Waals surface area (Å²) < 4.78 is 0. The van der Waals surface area contributed by atoms with Gasteiger partial charge >= 0.3 is 0 Å². The molecule has 0 radical (unpaired) electrons. The number of carbonyl (C=O) groups excluding carboxylic acids is 1. The quantitative estimate of drug-likeness (QED) is 0.782. The second-order valence-electron chi connectivity index (χ2n) is 4.00. The third kappa shape index (κ3) is 1.94. The molecule has 0 spiro atoms. The van der Waals surface area contributed by atoms with Crippen LogP contribution in [0, 0.1) is 0 Å². The molecule has 2 rings (SSSR count). The summed E-state index contributed by atoms with van der Waals surface area (Å²) in [6.07, 6.45) is 1.41. The van der Waals surface area contributed by atoms with Crippen molar-refractivity contribution in [2.24, 2.45) is 5.73 Å². The molecule has 0 saturated heterocycles. The molecule has 1 aromatic carbocycles. The number of hydrogen-bond donors (Lipinski definition) is 2. The Labute approximate surface area is 95.4 Å². The first-order valence-corrected chi connectivity index (χ1v) is 5.53. The van der Waals surface area contributed by atoms with Gasteiger partial charge in [-0.3, -0.25) is 9.69 Å². The molecule has 0 atom stereocenters. The van der Waals surface area contributed by atoms with E-state index in [1.807, 2.05) is 19.2 Å². The van der Waals surface area contributed by atoms with Gasteiger partial charge in [0.15, 0.2) is 0 Å². The van der Waals surface area contributed by atoms with Gasteiger partial charge in [0.2, 0.25) is 5.91 Å². The summed E-state index contributed by atoms with van der Waals surface area (Å²) >= 11 is 0. The molecule has 0 fully saturated rings. The first kappa shape index (κ1) is 11.1. The smallest absolute Gasteiger partial charge is 0.228 e. The Bertz CT molecular complexity index is 403. The molecule has 1 aromatic rings. The standard InChI is InChI=1S/C12H17N3O/c1-14-8-15-11-4-2-9(7-13)6-10(11)3-5-12(15)16/h2,4,6,14H,3,5,7-8,13H2,1H3. The van der Waals surface area contributed by atoms with E-state index in [2.05, 4.69) is 11.4 Å². The number of anilines is 1. The second kappa shape index (κ2) is 4.63. The minimum Gasteiger partial charge on any atom is -0.326 e. The second-order valence-corrected chi connectivity index (χ2v) is 4.00. The van der Waals surface area contributed by atoms with E-state index in [4.69, 9.17) is 5.73 Å². The van der Waals surface area contributed by atoms with E-state index in [1.165, 1.54) is 5.56 Å². The predicted octanol–water partition coefficient (Wildman–Crippen LogP) is 0.601. The molecule has 0 saturated carbocycles. The number of carbonyl (C=O) groups is 1. The number of nitrogens with two attached hydrogens (primary N) is 1. The topological polar surface area (TPSA) is 58.4 Å². The molecule has 1 heterocycles. The Morgan fingerprint density at radius 3 is 2.94 bits per heavy atom. The Balaban J connectivity index is 2.36. The average molecular weight is 219 g/mol. The summed E-state index contributed by atoms with van der Waals surface area (Å²) in [6.45, 7) is 1.11. The molecule has 0 unspecified atom stereocenters. The fraction of sp³-hybridized carbons (Fsp3) is 0.417. The van der Waals surface area contributed by atoms with Gasteiger partial charge in [-0.05, 0) is 30.7 Å². The first-order chi connectivity index (χ1) is 7.76. The van der Waals surface area contributed by atoms with Crippen LogP contribution in [0.5, 0.6) is 0 Å². The lowest BCUT2D eigenvalue weighted by Crippen LogP contribution is -2.40. The summed E-state index contributed by atoms with van der Waals surface area (Å²) in [4.78, 5) is 13.6. The lowest BCUT2D eigenvalue weighted by Gasteiger charge is -2.29. The van der Waals surface area contributed by atoms with Crippen LogP contribution in [0.2, 0.25) is 0 Å². The fourth-order valence-corrected chi connectivity index (χ4v) is 2.07. The van der Waals surface area contributed by atoms with Crippen LogP contribution >= 0.6 is 0 Å². The minimum atomic E-state index is 0.183. The van der Waals surface area contributed by atoms with Crippen LogP contribution in [-0.4, -0.2) is 19.6 Å². The Hall–Kier alpha value is -1.39. The Kier molecular flexibility index (Phi) is 3.22. The monoisotopic (exact) mass is 219 g/mol. The molecule has 0 bridgehead atoms. The average Bonchev–Trinajstić information content (AvgIpc) is 2.32. The summed E-state index contributed by atoms with van der Waals surface area (Å²) in [5.74, 6) is 0.183. The van der Waals surface area contributed by atoms with Crippen LogP contribution in [0.3, 0.4) is 0 Å². The number of fused-ring (bicyclic) bond motifs is 1. The van der Waals surface area contributed by atoms with Crippen molar-refractivity contribution in [1.82, 2.24) is 5.32 Å². The lowest BCUT2D eigenvalue weighted by molar-refractivity contribution is -0.119. The number of aryl methyl sites for hydroxylation is 1. The van der Waals surface area contributed by atoms with Crippen molar-refractivity contribution >= 4 is 11.6 Å². The highest BCUT2D eigenvalue weighted by molar-refractivity contribution is 5.96. The Morgan fingerprint density at radius 1 is 1.44 bits per heavy atom. The van der Waals surface area contributed by atoms with Crippen LogP contribution in [0.25, 0.3) is 0 Å². The van der Waals surface area contributed by atoms with Crippen LogP contribution in [0.1, 0.15) is 17.5 Å². The molecule has 4 heteroatoms. The molecule has 4 nitrogen and oxygen atoms in total. The van der Waals surface area contributed by atoms with Gasteiger partial charge in [-0.25, -0.2) is 0 Å². The van der Waals surface area contributed by atoms with Gasteiger partial charge in [0, 0.05) is 18.7 Å². The number of hydrogen-bond acceptors (Lipinski definition) is 3. The number of nitrogens with one attached hydrogen (secondary N) is 1. The van der Waals surface area contributed by atoms with E-state index in [0.717, 1.165) is 17.7 Å². The van der Waals surface area contributed by atoms with Gasteiger partial charge in [0.1, 0.15) is 0 Å². The Morgan fingerprint density at radius 2 is 2.25 bits per heavy atom. The molecule has 0 aliphatic carbocycles. The van der Waals surface area contributed by atoms with Crippen molar-refractivity contribution in [2.45, 2.75) is 19.4 Å². The minimum absolute atomic E-state index is 0.183. The van der Waals surface area contributed by atoms with E-state index in [0.29, 0.717) is 19.6 Å². The van der Waals surface area contributed by atoms with Crippen LogP contribution < -0.4 is 16.0 Å². The summed E-state index contributed by atoms with van der Waals surface area (Å²) in [5.41, 5.74) is 8.97. The van der Waals surface area contributed by atoms with Crippen molar-refractivity contribution in [3.05, 3.63) is 29.3 Å². The van der Waals surface area contributed by atoms with E-state index in [1.54, 1.807) is 4.90 Å². The molecule has 86 valence electrons. The van der Waals surface area contributed by atoms with Crippen molar-refractivity contribution in [3.8, 4) is 0 Å². The highest BCUT2D eigenvalue weighted by Gasteiger charge is 2.23. The maximum absolute atomic E-state index is 11.8. The summed E-state index contributed by atoms with van der Waals surface area (Å²) in [7, 11) is 1.84. The molecule has 16 heavy (non-hydrogen) atoms. The maximum atomic E-state index is 11.8. The summed E-state index contributed by atoms with van der Waals surface area (Å²) in [6, 6.07) is 6.08. The van der Waals surface area contributed by atoms with Crippen molar-refractivity contribution in [1.29, 1.82) is 0 Å². The van der Waals surface area contributed by atoms with Gasteiger partial charge in [-0.15, -0.1) is 0 Å².